The highest BCUT2D eigenvalue weighted by Crippen LogP contribution is 2.41. The summed E-state index contributed by atoms with van der Waals surface area (Å²) in [5.74, 6) is -0.348. The Hall–Kier alpha value is -1.44. The molecule has 20 heavy (non-hydrogen) atoms. The van der Waals surface area contributed by atoms with Gasteiger partial charge in [0.1, 0.15) is 5.82 Å². The van der Waals surface area contributed by atoms with Gasteiger partial charge in [0.05, 0.1) is 18.1 Å². The quantitative estimate of drug-likeness (QED) is 0.870. The maximum absolute atomic E-state index is 13.6. The summed E-state index contributed by atoms with van der Waals surface area (Å²) in [6, 6.07) is 7.10. The number of nitrogens with one attached hydrogen (secondary N) is 1. The summed E-state index contributed by atoms with van der Waals surface area (Å²) in [7, 11) is 0. The third kappa shape index (κ3) is 2.44. The summed E-state index contributed by atoms with van der Waals surface area (Å²) in [6.07, 6.45) is 4.72. The van der Waals surface area contributed by atoms with Gasteiger partial charge in [-0.3, -0.25) is 0 Å². The van der Waals surface area contributed by atoms with Crippen molar-refractivity contribution in [3.05, 3.63) is 35.1 Å². The SMILES string of the molecule is N#CCc1ccc(F)cc1C1(O)CC2CCCC(C1)N2. The van der Waals surface area contributed by atoms with Gasteiger partial charge in [-0.2, -0.15) is 5.26 Å². The Kier molecular flexibility index (Phi) is 3.49. The second-order valence-electron chi connectivity index (χ2n) is 6.07. The number of benzene rings is 1. The molecule has 2 bridgehead atoms. The van der Waals surface area contributed by atoms with Crippen molar-refractivity contribution in [2.45, 2.75) is 56.2 Å². The zero-order valence-electron chi connectivity index (χ0n) is 11.4. The zero-order valence-corrected chi connectivity index (χ0v) is 11.4. The van der Waals surface area contributed by atoms with Crippen molar-refractivity contribution in [3.63, 3.8) is 0 Å². The fourth-order valence-corrected chi connectivity index (χ4v) is 3.77. The van der Waals surface area contributed by atoms with Gasteiger partial charge in [-0.25, -0.2) is 4.39 Å². The number of aliphatic hydroxyl groups is 1. The van der Waals surface area contributed by atoms with E-state index in [2.05, 4.69) is 11.4 Å². The molecule has 0 saturated carbocycles. The number of hydrogen-bond donors (Lipinski definition) is 2. The predicted octanol–water partition coefficient (Wildman–Crippen LogP) is 2.38. The number of piperidine rings is 2. The van der Waals surface area contributed by atoms with E-state index >= 15 is 0 Å². The molecule has 2 aliphatic rings. The average molecular weight is 274 g/mol. The van der Waals surface area contributed by atoms with Gasteiger partial charge in [0, 0.05) is 12.1 Å². The highest BCUT2D eigenvalue weighted by molar-refractivity contribution is 5.36. The van der Waals surface area contributed by atoms with Gasteiger partial charge < -0.3 is 10.4 Å². The lowest BCUT2D eigenvalue weighted by atomic mass is 9.72. The zero-order chi connectivity index (χ0) is 14.2. The molecule has 0 amide bonds. The first-order valence-electron chi connectivity index (χ1n) is 7.25. The Labute approximate surface area is 118 Å². The molecular formula is C16H19FN2O. The van der Waals surface area contributed by atoms with Gasteiger partial charge in [0.15, 0.2) is 0 Å². The molecule has 2 unspecified atom stereocenters. The van der Waals surface area contributed by atoms with Crippen molar-refractivity contribution in [1.29, 1.82) is 5.26 Å². The van der Waals surface area contributed by atoms with Crippen molar-refractivity contribution in [3.8, 4) is 6.07 Å². The number of hydrogen-bond acceptors (Lipinski definition) is 3. The van der Waals surface area contributed by atoms with Gasteiger partial charge in [-0.05, 0) is 48.9 Å². The summed E-state index contributed by atoms with van der Waals surface area (Å²) in [6.45, 7) is 0. The molecule has 2 heterocycles. The largest absolute Gasteiger partial charge is 0.385 e. The Bertz CT molecular complexity index is 540. The van der Waals surface area contributed by atoms with E-state index < -0.39 is 5.60 Å². The van der Waals surface area contributed by atoms with E-state index in [-0.39, 0.29) is 12.2 Å². The molecule has 0 radical (unpaired) electrons. The van der Waals surface area contributed by atoms with Gasteiger partial charge in [-0.15, -0.1) is 0 Å². The van der Waals surface area contributed by atoms with Crippen LogP contribution in [0.3, 0.4) is 0 Å². The number of halogens is 1. The minimum Gasteiger partial charge on any atom is -0.385 e. The Balaban J connectivity index is 1.98. The molecular weight excluding hydrogens is 255 g/mol. The highest BCUT2D eigenvalue weighted by atomic mass is 19.1. The minimum absolute atomic E-state index is 0.209. The maximum Gasteiger partial charge on any atom is 0.123 e. The van der Waals surface area contributed by atoms with Crippen LogP contribution in [-0.4, -0.2) is 17.2 Å². The van der Waals surface area contributed by atoms with Gasteiger partial charge in [0.25, 0.3) is 0 Å². The van der Waals surface area contributed by atoms with Crippen molar-refractivity contribution in [2.24, 2.45) is 0 Å². The van der Waals surface area contributed by atoms with Gasteiger partial charge >= 0.3 is 0 Å². The van der Waals surface area contributed by atoms with Crippen molar-refractivity contribution in [1.82, 2.24) is 5.32 Å². The van der Waals surface area contributed by atoms with Crippen LogP contribution in [-0.2, 0) is 12.0 Å². The average Bonchev–Trinajstić information content (AvgIpc) is 2.40. The normalized spacial score (nSPS) is 32.6. The first-order valence-corrected chi connectivity index (χ1v) is 7.25. The topological polar surface area (TPSA) is 56.0 Å². The van der Waals surface area contributed by atoms with Crippen molar-refractivity contribution >= 4 is 0 Å². The van der Waals surface area contributed by atoms with Crippen LogP contribution >= 0.6 is 0 Å². The highest BCUT2D eigenvalue weighted by Gasteiger charge is 2.42. The summed E-state index contributed by atoms with van der Waals surface area (Å²) >= 11 is 0. The van der Waals surface area contributed by atoms with E-state index in [1.165, 1.54) is 18.6 Å². The molecule has 1 aromatic carbocycles. The van der Waals surface area contributed by atoms with Crippen molar-refractivity contribution < 1.29 is 9.50 Å². The molecule has 2 N–H and O–H groups in total. The van der Waals surface area contributed by atoms with Crippen LogP contribution in [0.1, 0.15) is 43.2 Å². The molecule has 2 atom stereocenters. The van der Waals surface area contributed by atoms with Crippen LogP contribution in [0.5, 0.6) is 0 Å². The Morgan fingerprint density at radius 2 is 2.05 bits per heavy atom. The molecule has 1 aromatic rings. The maximum atomic E-state index is 13.6. The minimum atomic E-state index is -1.00. The fourth-order valence-electron chi connectivity index (χ4n) is 3.77. The number of fused-ring (bicyclic) bond motifs is 2. The number of nitriles is 1. The van der Waals surface area contributed by atoms with Crippen LogP contribution in [0.4, 0.5) is 4.39 Å². The van der Waals surface area contributed by atoms with Gasteiger partial charge in [-0.1, -0.05) is 12.5 Å². The van der Waals surface area contributed by atoms with E-state index in [9.17, 15) is 9.50 Å². The lowest BCUT2D eigenvalue weighted by Gasteiger charge is -2.46. The van der Waals surface area contributed by atoms with Crippen molar-refractivity contribution in [2.75, 3.05) is 0 Å². The van der Waals surface area contributed by atoms with Crippen LogP contribution in [0.25, 0.3) is 0 Å². The van der Waals surface area contributed by atoms with E-state index in [0.29, 0.717) is 30.5 Å². The molecule has 0 aromatic heterocycles. The van der Waals surface area contributed by atoms with E-state index in [4.69, 9.17) is 5.26 Å². The molecule has 2 saturated heterocycles. The molecule has 2 fully saturated rings. The van der Waals surface area contributed by atoms with Crippen LogP contribution in [0.2, 0.25) is 0 Å². The molecule has 0 spiro atoms. The third-order valence-corrected chi connectivity index (χ3v) is 4.59. The lowest BCUT2D eigenvalue weighted by molar-refractivity contribution is -0.0366. The number of nitrogens with zero attached hydrogens (tertiary/aromatic N) is 1. The summed E-state index contributed by atoms with van der Waals surface area (Å²) in [5.41, 5.74) is 0.351. The molecule has 3 rings (SSSR count). The third-order valence-electron chi connectivity index (χ3n) is 4.59. The first kappa shape index (κ1) is 13.5. The molecule has 3 nitrogen and oxygen atoms in total. The molecule has 2 aliphatic heterocycles. The Morgan fingerprint density at radius 1 is 1.35 bits per heavy atom. The smallest absolute Gasteiger partial charge is 0.123 e. The van der Waals surface area contributed by atoms with Crippen LogP contribution in [0.15, 0.2) is 18.2 Å². The van der Waals surface area contributed by atoms with E-state index in [1.54, 1.807) is 6.07 Å². The standard InChI is InChI=1S/C16H19FN2O/c17-12-5-4-11(6-7-18)15(8-12)16(20)9-13-2-1-3-14(10-16)19-13/h4-5,8,13-14,19-20H,1-3,6,9-10H2. The molecule has 4 heteroatoms. The summed E-state index contributed by atoms with van der Waals surface area (Å²) < 4.78 is 13.6. The molecule has 0 aliphatic carbocycles. The van der Waals surface area contributed by atoms with Crippen LogP contribution < -0.4 is 5.32 Å². The lowest BCUT2D eigenvalue weighted by Crippen LogP contribution is -2.54. The summed E-state index contributed by atoms with van der Waals surface area (Å²) in [4.78, 5) is 0. The Morgan fingerprint density at radius 3 is 2.70 bits per heavy atom. The monoisotopic (exact) mass is 274 g/mol. The molecule has 106 valence electrons. The van der Waals surface area contributed by atoms with E-state index in [1.807, 2.05) is 0 Å². The predicted molar refractivity (Wildman–Crippen MR) is 73.4 cm³/mol. The van der Waals surface area contributed by atoms with Crippen LogP contribution in [0, 0.1) is 17.1 Å². The summed E-state index contributed by atoms with van der Waals surface area (Å²) in [5, 5.41) is 23.5. The van der Waals surface area contributed by atoms with Gasteiger partial charge in [0.2, 0.25) is 0 Å². The second-order valence-corrected chi connectivity index (χ2v) is 6.07. The van der Waals surface area contributed by atoms with E-state index in [0.717, 1.165) is 18.4 Å². The first-order chi connectivity index (χ1) is 9.60. The number of rotatable bonds is 2. The second kappa shape index (κ2) is 5.16. The fraction of sp³-hybridized carbons (Fsp3) is 0.562.